The number of ether oxygens (including phenoxy) is 1. The number of carbonyl (C=O) groups excluding carboxylic acids is 1. The first-order valence-corrected chi connectivity index (χ1v) is 8.13. The summed E-state index contributed by atoms with van der Waals surface area (Å²) in [6.07, 6.45) is -4.56. The number of nitrogens with zero attached hydrogens (tertiary/aromatic N) is 3. The van der Waals surface area contributed by atoms with E-state index in [1.165, 1.54) is 0 Å². The molecule has 1 aliphatic heterocycles. The molecule has 1 saturated heterocycles. The number of methoxy groups -OCH3 is 1. The van der Waals surface area contributed by atoms with Crippen LogP contribution in [0.5, 0.6) is 5.75 Å². The van der Waals surface area contributed by atoms with E-state index < -0.39 is 17.8 Å². The SMILES string of the molecule is COc1ccccc1N1CCN(C(=O)c2cc(C(F)(F)F)[nH]n2)C(C)C1. The van der Waals surface area contributed by atoms with Crippen molar-refractivity contribution in [1.29, 1.82) is 0 Å². The number of hydrogen-bond donors (Lipinski definition) is 1. The minimum absolute atomic E-state index is 0.188. The molecule has 6 nitrogen and oxygen atoms in total. The average Bonchev–Trinajstić information content (AvgIpc) is 3.11. The Morgan fingerprint density at radius 1 is 1.31 bits per heavy atom. The Balaban J connectivity index is 1.73. The summed E-state index contributed by atoms with van der Waals surface area (Å²) in [4.78, 5) is 16.2. The van der Waals surface area contributed by atoms with Crippen LogP contribution in [0.2, 0.25) is 0 Å². The zero-order chi connectivity index (χ0) is 18.9. The topological polar surface area (TPSA) is 61.5 Å². The third-order valence-corrected chi connectivity index (χ3v) is 4.42. The van der Waals surface area contributed by atoms with Crippen LogP contribution in [0.3, 0.4) is 0 Å². The van der Waals surface area contributed by atoms with Crippen LogP contribution in [-0.4, -0.2) is 53.8 Å². The number of nitrogens with one attached hydrogen (secondary N) is 1. The maximum Gasteiger partial charge on any atom is 0.432 e. The van der Waals surface area contributed by atoms with Crippen molar-refractivity contribution in [3.8, 4) is 5.75 Å². The monoisotopic (exact) mass is 368 g/mol. The van der Waals surface area contributed by atoms with Gasteiger partial charge in [-0.05, 0) is 19.1 Å². The van der Waals surface area contributed by atoms with Crippen LogP contribution in [0.15, 0.2) is 30.3 Å². The van der Waals surface area contributed by atoms with Crippen molar-refractivity contribution in [2.75, 3.05) is 31.6 Å². The zero-order valence-corrected chi connectivity index (χ0v) is 14.4. The van der Waals surface area contributed by atoms with Crippen molar-refractivity contribution in [1.82, 2.24) is 15.1 Å². The van der Waals surface area contributed by atoms with E-state index in [1.807, 2.05) is 36.3 Å². The lowest BCUT2D eigenvalue weighted by Gasteiger charge is -2.41. The van der Waals surface area contributed by atoms with Crippen molar-refractivity contribution >= 4 is 11.6 Å². The zero-order valence-electron chi connectivity index (χ0n) is 14.4. The maximum atomic E-state index is 12.7. The van der Waals surface area contributed by atoms with E-state index in [4.69, 9.17) is 4.74 Å². The molecule has 1 aromatic heterocycles. The van der Waals surface area contributed by atoms with E-state index in [9.17, 15) is 18.0 Å². The molecule has 26 heavy (non-hydrogen) atoms. The Hall–Kier alpha value is -2.71. The van der Waals surface area contributed by atoms with Gasteiger partial charge in [0, 0.05) is 31.7 Å². The first kappa shape index (κ1) is 18.1. The van der Waals surface area contributed by atoms with E-state index in [1.54, 1.807) is 12.0 Å². The van der Waals surface area contributed by atoms with E-state index in [2.05, 4.69) is 10.00 Å². The fraction of sp³-hybridized carbons (Fsp3) is 0.412. The van der Waals surface area contributed by atoms with E-state index in [-0.39, 0.29) is 11.7 Å². The highest BCUT2D eigenvalue weighted by Gasteiger charge is 2.36. The fourth-order valence-corrected chi connectivity index (χ4v) is 3.09. The second kappa shape index (κ2) is 6.89. The number of anilines is 1. The third kappa shape index (κ3) is 3.47. The van der Waals surface area contributed by atoms with Gasteiger partial charge in [-0.15, -0.1) is 0 Å². The minimum Gasteiger partial charge on any atom is -0.495 e. The molecule has 0 saturated carbocycles. The molecule has 2 aromatic rings. The lowest BCUT2D eigenvalue weighted by atomic mass is 10.1. The summed E-state index contributed by atoms with van der Waals surface area (Å²) in [5.41, 5.74) is -0.329. The molecule has 1 aromatic carbocycles. The predicted molar refractivity (Wildman–Crippen MR) is 89.3 cm³/mol. The number of hydrogen-bond acceptors (Lipinski definition) is 4. The van der Waals surface area contributed by atoms with Gasteiger partial charge in [0.1, 0.15) is 11.4 Å². The minimum atomic E-state index is -4.56. The number of alkyl halides is 3. The summed E-state index contributed by atoms with van der Waals surface area (Å²) in [5, 5.41) is 5.41. The molecule has 1 atom stereocenters. The molecule has 3 rings (SSSR count). The number of piperazine rings is 1. The molecule has 0 radical (unpaired) electrons. The number of carbonyl (C=O) groups is 1. The number of H-pyrrole nitrogens is 1. The number of para-hydroxylation sites is 2. The maximum absolute atomic E-state index is 12.7. The molecule has 1 aliphatic rings. The van der Waals surface area contributed by atoms with Crippen molar-refractivity contribution in [3.63, 3.8) is 0 Å². The van der Waals surface area contributed by atoms with Crippen molar-refractivity contribution in [2.24, 2.45) is 0 Å². The van der Waals surface area contributed by atoms with Crippen LogP contribution in [0.1, 0.15) is 23.1 Å². The predicted octanol–water partition coefficient (Wildman–Crippen LogP) is 2.79. The first-order chi connectivity index (χ1) is 12.3. The molecule has 1 unspecified atom stereocenters. The summed E-state index contributed by atoms with van der Waals surface area (Å²) in [7, 11) is 1.60. The largest absolute Gasteiger partial charge is 0.495 e. The van der Waals surface area contributed by atoms with Gasteiger partial charge in [0.15, 0.2) is 5.69 Å². The van der Waals surface area contributed by atoms with Gasteiger partial charge in [0.25, 0.3) is 5.91 Å². The quantitative estimate of drug-likeness (QED) is 0.905. The molecule has 0 bridgehead atoms. The molecular weight excluding hydrogens is 349 g/mol. The van der Waals surface area contributed by atoms with Crippen LogP contribution < -0.4 is 9.64 Å². The summed E-state index contributed by atoms with van der Waals surface area (Å²) in [6.45, 7) is 3.33. The molecule has 1 fully saturated rings. The van der Waals surface area contributed by atoms with Gasteiger partial charge in [-0.25, -0.2) is 0 Å². The van der Waals surface area contributed by atoms with Crippen molar-refractivity contribution in [2.45, 2.75) is 19.1 Å². The van der Waals surface area contributed by atoms with E-state index in [0.717, 1.165) is 17.5 Å². The number of aromatic amines is 1. The molecule has 0 spiro atoms. The number of amides is 1. The van der Waals surface area contributed by atoms with Crippen molar-refractivity contribution < 1.29 is 22.7 Å². The summed E-state index contributed by atoms with van der Waals surface area (Å²) >= 11 is 0. The number of halogens is 3. The second-order valence-electron chi connectivity index (χ2n) is 6.13. The Morgan fingerprint density at radius 2 is 2.04 bits per heavy atom. The molecule has 140 valence electrons. The standard InChI is InChI=1S/C17H19F3N4O2/c1-11-10-23(13-5-3-4-6-14(13)26-2)7-8-24(11)16(25)12-9-15(22-21-12)17(18,19)20/h3-6,9,11H,7-8,10H2,1-2H3,(H,21,22). The van der Waals surface area contributed by atoms with Crippen LogP contribution in [0.4, 0.5) is 18.9 Å². The Morgan fingerprint density at radius 3 is 2.65 bits per heavy atom. The summed E-state index contributed by atoms with van der Waals surface area (Å²) in [5.74, 6) is 0.227. The second-order valence-corrected chi connectivity index (χ2v) is 6.13. The number of benzene rings is 1. The van der Waals surface area contributed by atoms with Gasteiger partial charge in [0.05, 0.1) is 12.8 Å². The molecule has 9 heteroatoms. The number of rotatable bonds is 3. The van der Waals surface area contributed by atoms with Crippen LogP contribution >= 0.6 is 0 Å². The smallest absolute Gasteiger partial charge is 0.432 e. The van der Waals surface area contributed by atoms with E-state index in [0.29, 0.717) is 19.6 Å². The average molecular weight is 368 g/mol. The summed E-state index contributed by atoms with van der Waals surface area (Å²) < 4.78 is 43.4. The highest BCUT2D eigenvalue weighted by molar-refractivity contribution is 5.92. The first-order valence-electron chi connectivity index (χ1n) is 8.13. The lowest BCUT2D eigenvalue weighted by Crippen LogP contribution is -2.54. The van der Waals surface area contributed by atoms with Gasteiger partial charge >= 0.3 is 6.18 Å². The molecular formula is C17H19F3N4O2. The molecule has 1 amide bonds. The van der Waals surface area contributed by atoms with Gasteiger partial charge in [-0.3, -0.25) is 9.89 Å². The highest BCUT2D eigenvalue weighted by atomic mass is 19.4. The Bertz CT molecular complexity index is 790. The third-order valence-electron chi connectivity index (χ3n) is 4.42. The van der Waals surface area contributed by atoms with Crippen LogP contribution in [0.25, 0.3) is 0 Å². The highest BCUT2D eigenvalue weighted by Crippen LogP contribution is 2.30. The van der Waals surface area contributed by atoms with Crippen molar-refractivity contribution in [3.05, 3.63) is 41.7 Å². The van der Waals surface area contributed by atoms with Gasteiger partial charge in [-0.2, -0.15) is 18.3 Å². The molecule has 2 heterocycles. The Kier molecular flexibility index (Phi) is 4.80. The van der Waals surface area contributed by atoms with Gasteiger partial charge in [-0.1, -0.05) is 12.1 Å². The van der Waals surface area contributed by atoms with E-state index >= 15 is 0 Å². The number of aromatic nitrogens is 2. The Labute approximate surface area is 148 Å². The van der Waals surface area contributed by atoms with Gasteiger partial charge in [0.2, 0.25) is 0 Å². The van der Waals surface area contributed by atoms with Gasteiger partial charge < -0.3 is 14.5 Å². The summed E-state index contributed by atoms with van der Waals surface area (Å²) in [6, 6.07) is 8.14. The van der Waals surface area contributed by atoms with Crippen LogP contribution in [-0.2, 0) is 6.18 Å². The molecule has 0 aliphatic carbocycles. The fourth-order valence-electron chi connectivity index (χ4n) is 3.09. The van der Waals surface area contributed by atoms with Crippen LogP contribution in [0, 0.1) is 0 Å². The molecule has 1 N–H and O–H groups in total. The lowest BCUT2D eigenvalue weighted by molar-refractivity contribution is -0.141. The normalized spacial score (nSPS) is 18.1.